The normalized spacial score (nSPS) is 16.2. The standard InChI is InChI=1S/C22H26N4OS/c1-16(9-10-17-6-3-2-4-7-17)24-20(27)18-11-14-26(15-12-18)22-25-19-8-5-13-23-21(19)28-22/h2-8,13,16,18H,9-12,14-15H2,1H3,(H,24,27)/t16-/m1/s1. The van der Waals surface area contributed by atoms with Crippen LogP contribution in [0.15, 0.2) is 48.7 Å². The third kappa shape index (κ3) is 4.50. The molecule has 6 heteroatoms. The summed E-state index contributed by atoms with van der Waals surface area (Å²) in [5.41, 5.74) is 2.27. The second-order valence-corrected chi connectivity index (χ2v) is 8.48. The van der Waals surface area contributed by atoms with E-state index in [-0.39, 0.29) is 17.9 Å². The molecular formula is C22H26N4OS. The highest BCUT2D eigenvalue weighted by molar-refractivity contribution is 7.21. The first kappa shape index (κ1) is 18.9. The van der Waals surface area contributed by atoms with Crippen LogP contribution >= 0.6 is 11.3 Å². The van der Waals surface area contributed by atoms with E-state index in [9.17, 15) is 4.79 Å². The van der Waals surface area contributed by atoms with Gasteiger partial charge in [0.25, 0.3) is 0 Å². The van der Waals surface area contributed by atoms with Gasteiger partial charge in [-0.2, -0.15) is 0 Å². The Bertz CT molecular complexity index is 885. The number of carbonyl (C=O) groups excluding carboxylic acids is 1. The molecule has 1 N–H and O–H groups in total. The van der Waals surface area contributed by atoms with E-state index < -0.39 is 0 Å². The Morgan fingerprint density at radius 1 is 1.21 bits per heavy atom. The molecule has 3 aromatic rings. The fourth-order valence-corrected chi connectivity index (χ4v) is 4.65. The van der Waals surface area contributed by atoms with E-state index in [4.69, 9.17) is 0 Å². The average molecular weight is 395 g/mol. The number of rotatable bonds is 6. The van der Waals surface area contributed by atoms with E-state index in [1.54, 1.807) is 17.5 Å². The minimum Gasteiger partial charge on any atom is -0.353 e. The lowest BCUT2D eigenvalue weighted by Gasteiger charge is -2.31. The summed E-state index contributed by atoms with van der Waals surface area (Å²) in [6.07, 6.45) is 5.51. The van der Waals surface area contributed by atoms with Crippen LogP contribution in [0.4, 0.5) is 5.13 Å². The van der Waals surface area contributed by atoms with Gasteiger partial charge in [-0.15, -0.1) is 0 Å². The lowest BCUT2D eigenvalue weighted by Crippen LogP contribution is -2.43. The molecule has 1 atom stereocenters. The van der Waals surface area contributed by atoms with Gasteiger partial charge in [0.2, 0.25) is 5.91 Å². The molecule has 3 heterocycles. The van der Waals surface area contributed by atoms with Gasteiger partial charge in [-0.3, -0.25) is 4.79 Å². The number of aromatic nitrogens is 2. The van der Waals surface area contributed by atoms with Crippen LogP contribution in [0.3, 0.4) is 0 Å². The monoisotopic (exact) mass is 394 g/mol. The molecule has 0 radical (unpaired) electrons. The van der Waals surface area contributed by atoms with Crippen LogP contribution in [0, 0.1) is 5.92 Å². The molecule has 28 heavy (non-hydrogen) atoms. The van der Waals surface area contributed by atoms with Gasteiger partial charge in [0.15, 0.2) is 5.13 Å². The van der Waals surface area contributed by atoms with Gasteiger partial charge in [0.05, 0.1) is 0 Å². The van der Waals surface area contributed by atoms with Crippen molar-refractivity contribution in [3.8, 4) is 0 Å². The number of piperidine rings is 1. The number of carbonyl (C=O) groups is 1. The molecule has 1 fully saturated rings. The Morgan fingerprint density at radius 2 is 2.00 bits per heavy atom. The summed E-state index contributed by atoms with van der Waals surface area (Å²) >= 11 is 1.63. The quantitative estimate of drug-likeness (QED) is 0.685. The van der Waals surface area contributed by atoms with Crippen molar-refractivity contribution in [2.45, 2.75) is 38.6 Å². The summed E-state index contributed by atoms with van der Waals surface area (Å²) in [6, 6.07) is 14.6. The van der Waals surface area contributed by atoms with Crippen molar-refractivity contribution in [2.75, 3.05) is 18.0 Å². The molecule has 1 aromatic carbocycles. The van der Waals surface area contributed by atoms with E-state index in [1.807, 2.05) is 18.2 Å². The molecule has 1 saturated heterocycles. The molecular weight excluding hydrogens is 368 g/mol. The predicted molar refractivity (Wildman–Crippen MR) is 115 cm³/mol. The Balaban J connectivity index is 1.25. The molecule has 4 rings (SSSR count). The number of benzene rings is 1. The first-order valence-electron chi connectivity index (χ1n) is 10.00. The van der Waals surface area contributed by atoms with E-state index in [0.717, 1.165) is 54.3 Å². The molecule has 0 spiro atoms. The summed E-state index contributed by atoms with van der Waals surface area (Å²) in [4.78, 5) is 25.0. The van der Waals surface area contributed by atoms with E-state index in [0.29, 0.717) is 0 Å². The smallest absolute Gasteiger partial charge is 0.223 e. The van der Waals surface area contributed by atoms with Crippen molar-refractivity contribution in [3.05, 3.63) is 54.2 Å². The van der Waals surface area contributed by atoms with Crippen molar-refractivity contribution in [2.24, 2.45) is 5.92 Å². The number of thiazole rings is 1. The van der Waals surface area contributed by atoms with Crippen LogP contribution in [0.5, 0.6) is 0 Å². The van der Waals surface area contributed by atoms with Crippen LogP contribution in [-0.4, -0.2) is 35.0 Å². The maximum Gasteiger partial charge on any atom is 0.223 e. The Morgan fingerprint density at radius 3 is 2.75 bits per heavy atom. The molecule has 0 saturated carbocycles. The summed E-state index contributed by atoms with van der Waals surface area (Å²) in [5, 5.41) is 4.23. The average Bonchev–Trinajstić information content (AvgIpc) is 3.17. The molecule has 1 aliphatic rings. The van der Waals surface area contributed by atoms with Crippen LogP contribution in [0.2, 0.25) is 0 Å². The fourth-order valence-electron chi connectivity index (χ4n) is 3.69. The first-order valence-corrected chi connectivity index (χ1v) is 10.8. The Hall–Kier alpha value is -2.47. The molecule has 2 aromatic heterocycles. The topological polar surface area (TPSA) is 58.1 Å². The number of fused-ring (bicyclic) bond motifs is 1. The molecule has 1 aliphatic heterocycles. The Labute approximate surface area is 169 Å². The third-order valence-corrected chi connectivity index (χ3v) is 6.43. The highest BCUT2D eigenvalue weighted by Crippen LogP contribution is 2.30. The summed E-state index contributed by atoms with van der Waals surface area (Å²) in [5.74, 6) is 0.300. The van der Waals surface area contributed by atoms with Crippen molar-refractivity contribution < 1.29 is 4.79 Å². The number of nitrogens with zero attached hydrogens (tertiary/aromatic N) is 3. The van der Waals surface area contributed by atoms with Crippen LogP contribution in [0.25, 0.3) is 10.3 Å². The summed E-state index contributed by atoms with van der Waals surface area (Å²) in [6.45, 7) is 3.84. The number of anilines is 1. The summed E-state index contributed by atoms with van der Waals surface area (Å²) < 4.78 is 0. The number of amides is 1. The first-order chi connectivity index (χ1) is 13.7. The van der Waals surface area contributed by atoms with Gasteiger partial charge in [0.1, 0.15) is 10.3 Å². The molecule has 5 nitrogen and oxygen atoms in total. The van der Waals surface area contributed by atoms with E-state index in [2.05, 4.69) is 51.4 Å². The highest BCUT2D eigenvalue weighted by Gasteiger charge is 2.27. The van der Waals surface area contributed by atoms with Gasteiger partial charge in [-0.25, -0.2) is 9.97 Å². The molecule has 1 amide bonds. The van der Waals surface area contributed by atoms with E-state index >= 15 is 0 Å². The zero-order valence-electron chi connectivity index (χ0n) is 16.2. The predicted octanol–water partition coefficient (Wildman–Crippen LogP) is 4.05. The molecule has 146 valence electrons. The SMILES string of the molecule is C[C@H](CCc1ccccc1)NC(=O)C1CCN(c2nc3cccnc3s2)CC1. The zero-order valence-corrected chi connectivity index (χ0v) is 17.0. The maximum absolute atomic E-state index is 12.7. The number of hydrogen-bond donors (Lipinski definition) is 1. The minimum atomic E-state index is 0.0999. The van der Waals surface area contributed by atoms with Crippen molar-refractivity contribution in [1.82, 2.24) is 15.3 Å². The van der Waals surface area contributed by atoms with Gasteiger partial charge in [-0.1, -0.05) is 41.7 Å². The van der Waals surface area contributed by atoms with E-state index in [1.165, 1.54) is 5.56 Å². The number of aryl methyl sites for hydroxylation is 1. The third-order valence-electron chi connectivity index (χ3n) is 5.39. The second kappa shape index (κ2) is 8.69. The minimum absolute atomic E-state index is 0.0999. The van der Waals surface area contributed by atoms with Crippen LogP contribution in [0.1, 0.15) is 31.7 Å². The largest absolute Gasteiger partial charge is 0.353 e. The zero-order chi connectivity index (χ0) is 19.3. The van der Waals surface area contributed by atoms with Crippen molar-refractivity contribution in [1.29, 1.82) is 0 Å². The Kier molecular flexibility index (Phi) is 5.86. The lowest BCUT2D eigenvalue weighted by molar-refractivity contribution is -0.126. The molecule has 0 bridgehead atoms. The maximum atomic E-state index is 12.7. The van der Waals surface area contributed by atoms with Gasteiger partial charge in [-0.05, 0) is 50.3 Å². The fraction of sp³-hybridized carbons (Fsp3) is 0.409. The molecule has 0 unspecified atom stereocenters. The van der Waals surface area contributed by atoms with Crippen LogP contribution in [-0.2, 0) is 11.2 Å². The number of nitrogens with one attached hydrogen (secondary N) is 1. The lowest BCUT2D eigenvalue weighted by atomic mass is 9.95. The summed E-state index contributed by atoms with van der Waals surface area (Å²) in [7, 11) is 0. The number of hydrogen-bond acceptors (Lipinski definition) is 5. The van der Waals surface area contributed by atoms with Gasteiger partial charge in [0, 0.05) is 31.2 Å². The number of pyridine rings is 1. The van der Waals surface area contributed by atoms with Gasteiger partial charge < -0.3 is 10.2 Å². The van der Waals surface area contributed by atoms with Gasteiger partial charge >= 0.3 is 0 Å². The second-order valence-electron chi connectivity index (χ2n) is 7.52. The molecule has 0 aliphatic carbocycles. The van der Waals surface area contributed by atoms with Crippen molar-refractivity contribution >= 4 is 32.7 Å². The highest BCUT2D eigenvalue weighted by atomic mass is 32.1. The van der Waals surface area contributed by atoms with Crippen molar-refractivity contribution in [3.63, 3.8) is 0 Å². The van der Waals surface area contributed by atoms with Crippen LogP contribution < -0.4 is 10.2 Å².